The summed E-state index contributed by atoms with van der Waals surface area (Å²) in [5.74, 6) is -1.81. The summed E-state index contributed by atoms with van der Waals surface area (Å²) >= 11 is 0. The second kappa shape index (κ2) is 3.94. The average Bonchev–Trinajstić information content (AvgIpc) is 2.70. The van der Waals surface area contributed by atoms with Crippen LogP contribution >= 0.6 is 0 Å². The molecule has 0 aliphatic carbocycles. The Hall–Kier alpha value is -1.49. The molecule has 1 aromatic carbocycles. The summed E-state index contributed by atoms with van der Waals surface area (Å²) in [6.45, 7) is -0.142. The van der Waals surface area contributed by atoms with Gasteiger partial charge in [-0.15, -0.1) is 0 Å². The molecule has 0 fully saturated rings. The van der Waals surface area contributed by atoms with E-state index in [1.54, 1.807) is 0 Å². The molecule has 1 N–H and O–H groups in total. The van der Waals surface area contributed by atoms with E-state index in [9.17, 15) is 8.78 Å². The number of hydrogen-bond acceptors (Lipinski definition) is 3. The Balaban J connectivity index is 2.21. The largest absolute Gasteiger partial charge is 0.392 e. The molecule has 2 rings (SSSR count). The van der Waals surface area contributed by atoms with Crippen molar-refractivity contribution in [3.8, 4) is 0 Å². The van der Waals surface area contributed by atoms with Gasteiger partial charge in [-0.25, -0.2) is 8.78 Å². The molecule has 1 aromatic rings. The van der Waals surface area contributed by atoms with E-state index in [4.69, 9.17) is 9.94 Å². The zero-order valence-electron chi connectivity index (χ0n) is 7.78. The highest BCUT2D eigenvalue weighted by Gasteiger charge is 2.21. The summed E-state index contributed by atoms with van der Waals surface area (Å²) in [4.78, 5) is 4.86. The molecule has 0 aromatic heterocycles. The molecule has 1 aliphatic rings. The van der Waals surface area contributed by atoms with Crippen molar-refractivity contribution >= 4 is 5.71 Å². The van der Waals surface area contributed by atoms with Gasteiger partial charge in [0.15, 0.2) is 17.7 Å². The van der Waals surface area contributed by atoms with Gasteiger partial charge in [-0.05, 0) is 18.2 Å². The van der Waals surface area contributed by atoms with Crippen molar-refractivity contribution in [2.24, 2.45) is 5.16 Å². The maximum absolute atomic E-state index is 12.9. The van der Waals surface area contributed by atoms with Crippen LogP contribution in [0.5, 0.6) is 0 Å². The number of nitrogens with zero attached hydrogens (tertiary/aromatic N) is 1. The molecule has 1 aliphatic heterocycles. The number of aliphatic hydroxyl groups excluding tert-OH is 1. The van der Waals surface area contributed by atoms with E-state index < -0.39 is 11.6 Å². The lowest BCUT2D eigenvalue weighted by molar-refractivity contribution is 0.0390. The Morgan fingerprint density at radius 1 is 1.40 bits per heavy atom. The number of halogens is 2. The molecule has 0 bridgehead atoms. The van der Waals surface area contributed by atoms with Crippen LogP contribution in [0.2, 0.25) is 0 Å². The molecule has 0 saturated carbocycles. The predicted octanol–water partition coefficient (Wildman–Crippen LogP) is 1.45. The third-order valence-corrected chi connectivity index (χ3v) is 2.19. The van der Waals surface area contributed by atoms with Crippen LogP contribution in [0, 0.1) is 11.6 Å². The van der Waals surface area contributed by atoms with Crippen molar-refractivity contribution in [2.45, 2.75) is 12.5 Å². The van der Waals surface area contributed by atoms with Gasteiger partial charge in [0.25, 0.3) is 0 Å². The van der Waals surface area contributed by atoms with E-state index >= 15 is 0 Å². The van der Waals surface area contributed by atoms with Gasteiger partial charge in [-0.2, -0.15) is 0 Å². The van der Waals surface area contributed by atoms with Crippen molar-refractivity contribution in [2.75, 3.05) is 6.61 Å². The molecular weight excluding hydrogens is 204 g/mol. The molecule has 15 heavy (non-hydrogen) atoms. The summed E-state index contributed by atoms with van der Waals surface area (Å²) in [6.07, 6.45) is 0.0230. The van der Waals surface area contributed by atoms with Gasteiger partial charge in [0.05, 0.1) is 12.3 Å². The first-order chi connectivity index (χ1) is 7.20. The Labute approximate surface area is 85.0 Å². The normalized spacial score (nSPS) is 19.9. The van der Waals surface area contributed by atoms with E-state index in [1.165, 1.54) is 6.07 Å². The number of rotatable bonds is 2. The van der Waals surface area contributed by atoms with E-state index in [1.807, 2.05) is 0 Å². The summed E-state index contributed by atoms with van der Waals surface area (Å²) < 4.78 is 25.5. The number of hydrogen-bond donors (Lipinski definition) is 1. The van der Waals surface area contributed by atoms with E-state index in [0.717, 1.165) is 12.1 Å². The van der Waals surface area contributed by atoms with Gasteiger partial charge in [-0.1, -0.05) is 5.16 Å². The van der Waals surface area contributed by atoms with Crippen LogP contribution in [-0.4, -0.2) is 23.5 Å². The van der Waals surface area contributed by atoms with E-state index in [2.05, 4.69) is 5.16 Å². The lowest BCUT2D eigenvalue weighted by atomic mass is 10.1. The molecule has 0 radical (unpaired) electrons. The maximum atomic E-state index is 12.9. The highest BCUT2D eigenvalue weighted by molar-refractivity contribution is 6.01. The number of aliphatic hydroxyl groups is 1. The highest BCUT2D eigenvalue weighted by atomic mass is 19.2. The van der Waals surface area contributed by atoms with E-state index in [-0.39, 0.29) is 12.7 Å². The Kier molecular flexibility index (Phi) is 2.64. The highest BCUT2D eigenvalue weighted by Crippen LogP contribution is 2.18. The molecule has 5 heteroatoms. The fourth-order valence-corrected chi connectivity index (χ4v) is 1.37. The molecule has 0 spiro atoms. The summed E-state index contributed by atoms with van der Waals surface area (Å²) in [7, 11) is 0. The molecule has 3 nitrogen and oxygen atoms in total. The fourth-order valence-electron chi connectivity index (χ4n) is 1.37. The number of oxime groups is 1. The minimum absolute atomic E-state index is 0.142. The second-order valence-corrected chi connectivity index (χ2v) is 3.28. The topological polar surface area (TPSA) is 41.8 Å². The maximum Gasteiger partial charge on any atom is 0.159 e. The first-order valence-electron chi connectivity index (χ1n) is 4.49. The predicted molar refractivity (Wildman–Crippen MR) is 49.5 cm³/mol. The third kappa shape index (κ3) is 1.97. The quantitative estimate of drug-likeness (QED) is 0.807. The van der Waals surface area contributed by atoms with Crippen LogP contribution < -0.4 is 0 Å². The summed E-state index contributed by atoms with van der Waals surface area (Å²) in [5, 5.41) is 12.5. The van der Waals surface area contributed by atoms with Crippen LogP contribution in [-0.2, 0) is 4.84 Å². The van der Waals surface area contributed by atoms with Gasteiger partial charge in [0.1, 0.15) is 0 Å². The Bertz CT molecular complexity index is 406. The molecule has 0 unspecified atom stereocenters. The fraction of sp³-hybridized carbons (Fsp3) is 0.300. The Morgan fingerprint density at radius 2 is 2.20 bits per heavy atom. The van der Waals surface area contributed by atoms with Crippen molar-refractivity contribution in [3.63, 3.8) is 0 Å². The van der Waals surface area contributed by atoms with Crippen LogP contribution in [0.1, 0.15) is 12.0 Å². The minimum atomic E-state index is -0.914. The van der Waals surface area contributed by atoms with Crippen LogP contribution in [0.3, 0.4) is 0 Å². The van der Waals surface area contributed by atoms with Gasteiger partial charge < -0.3 is 9.94 Å². The zero-order chi connectivity index (χ0) is 10.8. The number of benzene rings is 1. The van der Waals surface area contributed by atoms with Gasteiger partial charge in [0.2, 0.25) is 0 Å². The standard InChI is InChI=1S/C10H9F2NO2/c11-8-2-1-6(3-9(8)12)10-4-7(5-14)15-13-10/h1-3,7,14H,4-5H2/t7-/m0/s1. The van der Waals surface area contributed by atoms with Gasteiger partial charge in [-0.3, -0.25) is 0 Å². The molecule has 80 valence electrons. The van der Waals surface area contributed by atoms with Crippen LogP contribution in [0.15, 0.2) is 23.4 Å². The lowest BCUT2D eigenvalue weighted by Crippen LogP contribution is -2.12. The van der Waals surface area contributed by atoms with Crippen LogP contribution in [0.4, 0.5) is 8.78 Å². The minimum Gasteiger partial charge on any atom is -0.392 e. The first-order valence-corrected chi connectivity index (χ1v) is 4.49. The molecule has 1 atom stereocenters. The molecule has 0 saturated heterocycles. The van der Waals surface area contributed by atoms with Crippen molar-refractivity contribution < 1.29 is 18.7 Å². The van der Waals surface area contributed by atoms with Crippen molar-refractivity contribution in [1.29, 1.82) is 0 Å². The molecular formula is C10H9F2NO2. The molecule has 0 amide bonds. The molecule has 1 heterocycles. The SMILES string of the molecule is OC[C@@H]1CC(c2ccc(F)c(F)c2)=NO1. The van der Waals surface area contributed by atoms with Crippen molar-refractivity contribution in [3.05, 3.63) is 35.4 Å². The van der Waals surface area contributed by atoms with Gasteiger partial charge in [0, 0.05) is 12.0 Å². The first kappa shape index (κ1) is 10.0. The average molecular weight is 213 g/mol. The lowest BCUT2D eigenvalue weighted by Gasteiger charge is -2.02. The Morgan fingerprint density at radius 3 is 2.80 bits per heavy atom. The summed E-state index contributed by atoms with van der Waals surface area (Å²) in [6, 6.07) is 3.54. The van der Waals surface area contributed by atoms with Crippen molar-refractivity contribution in [1.82, 2.24) is 0 Å². The van der Waals surface area contributed by atoms with E-state index in [0.29, 0.717) is 17.7 Å². The third-order valence-electron chi connectivity index (χ3n) is 2.19. The second-order valence-electron chi connectivity index (χ2n) is 3.28. The smallest absolute Gasteiger partial charge is 0.159 e. The van der Waals surface area contributed by atoms with Gasteiger partial charge >= 0.3 is 0 Å². The monoisotopic (exact) mass is 213 g/mol. The zero-order valence-corrected chi connectivity index (χ0v) is 7.78. The summed E-state index contributed by atoms with van der Waals surface area (Å²) in [5.41, 5.74) is 0.998. The van der Waals surface area contributed by atoms with Crippen LogP contribution in [0.25, 0.3) is 0 Å².